The molecule has 154 valence electrons. The van der Waals surface area contributed by atoms with Crippen molar-refractivity contribution in [1.29, 1.82) is 0 Å². The first-order valence-electron chi connectivity index (χ1n) is 8.25. The van der Waals surface area contributed by atoms with Gasteiger partial charge in [0, 0.05) is 6.42 Å². The van der Waals surface area contributed by atoms with Crippen molar-refractivity contribution >= 4 is 29.7 Å². The van der Waals surface area contributed by atoms with Gasteiger partial charge in [-0.3, -0.25) is 19.2 Å². The molecule has 0 spiro atoms. The molecule has 27 heavy (non-hydrogen) atoms. The van der Waals surface area contributed by atoms with E-state index in [0.717, 1.165) is 0 Å². The van der Waals surface area contributed by atoms with Crippen LogP contribution < -0.4 is 22.1 Å². The first kappa shape index (κ1) is 24.3. The van der Waals surface area contributed by atoms with Gasteiger partial charge in [0.25, 0.3) is 0 Å². The third-order valence-corrected chi connectivity index (χ3v) is 3.63. The number of carbonyl (C=O) groups is 5. The first-order chi connectivity index (χ1) is 12.5. The molecule has 9 N–H and O–H groups in total. The number of hydrogen-bond donors (Lipinski definition) is 7. The average molecular weight is 390 g/mol. The Kier molecular flexibility index (Phi) is 10.6. The number of rotatable bonds is 13. The molecule has 2 unspecified atom stereocenters. The fourth-order valence-corrected chi connectivity index (χ4v) is 2.03. The molecule has 0 heterocycles. The zero-order valence-electron chi connectivity index (χ0n) is 14.9. The fourth-order valence-electron chi connectivity index (χ4n) is 2.03. The van der Waals surface area contributed by atoms with Crippen LogP contribution >= 0.6 is 0 Å². The molecule has 0 bridgehead atoms. The van der Waals surface area contributed by atoms with E-state index in [4.69, 9.17) is 21.7 Å². The minimum atomic E-state index is -1.36. The summed E-state index contributed by atoms with van der Waals surface area (Å²) < 4.78 is 0. The predicted octanol–water partition coefficient (Wildman–Crippen LogP) is -2.17. The molecule has 2 amide bonds. The van der Waals surface area contributed by atoms with Crippen molar-refractivity contribution in [2.45, 2.75) is 63.2 Å². The lowest BCUT2D eigenvalue weighted by molar-refractivity contribution is -0.143. The summed E-state index contributed by atoms with van der Waals surface area (Å²) in [7, 11) is 0. The van der Waals surface area contributed by atoms with Crippen LogP contribution in [0.15, 0.2) is 0 Å². The van der Waals surface area contributed by atoms with Crippen molar-refractivity contribution < 1.29 is 39.3 Å². The SMILES string of the molecule is C[C@@H](N)C(=O)N[C@@H](CCC(=O)O)C(=O)NC(CCCC(N)C(=O)O)C(=O)O. The number of amides is 2. The summed E-state index contributed by atoms with van der Waals surface area (Å²) in [5.74, 6) is -5.35. The lowest BCUT2D eigenvalue weighted by Gasteiger charge is -2.22. The van der Waals surface area contributed by atoms with Crippen LogP contribution in [-0.2, 0) is 24.0 Å². The average Bonchev–Trinajstić information content (AvgIpc) is 2.56. The van der Waals surface area contributed by atoms with Gasteiger partial charge in [0.2, 0.25) is 11.8 Å². The molecule has 0 aliphatic carbocycles. The van der Waals surface area contributed by atoms with Crippen molar-refractivity contribution in [2.24, 2.45) is 11.5 Å². The molecule has 0 fully saturated rings. The molecule has 12 nitrogen and oxygen atoms in total. The predicted molar refractivity (Wildman–Crippen MR) is 91.5 cm³/mol. The highest BCUT2D eigenvalue weighted by Gasteiger charge is 2.27. The molecule has 0 aromatic rings. The number of carbonyl (C=O) groups excluding carboxylic acids is 2. The zero-order valence-corrected chi connectivity index (χ0v) is 14.9. The Morgan fingerprint density at radius 2 is 1.37 bits per heavy atom. The van der Waals surface area contributed by atoms with E-state index in [0.29, 0.717) is 0 Å². The molecule has 4 atom stereocenters. The summed E-state index contributed by atoms with van der Waals surface area (Å²) in [6.45, 7) is 1.37. The van der Waals surface area contributed by atoms with Gasteiger partial charge in [0.1, 0.15) is 18.1 Å². The molecule has 0 saturated heterocycles. The number of aliphatic carboxylic acids is 3. The summed E-state index contributed by atoms with van der Waals surface area (Å²) >= 11 is 0. The number of nitrogens with two attached hydrogens (primary N) is 2. The van der Waals surface area contributed by atoms with Gasteiger partial charge in [-0.2, -0.15) is 0 Å². The highest BCUT2D eigenvalue weighted by atomic mass is 16.4. The van der Waals surface area contributed by atoms with E-state index in [1.165, 1.54) is 6.92 Å². The topological polar surface area (TPSA) is 222 Å². The second kappa shape index (κ2) is 11.8. The van der Waals surface area contributed by atoms with Gasteiger partial charge in [-0.05, 0) is 32.6 Å². The van der Waals surface area contributed by atoms with Gasteiger partial charge >= 0.3 is 17.9 Å². The summed E-state index contributed by atoms with van der Waals surface area (Å²) in [5.41, 5.74) is 10.7. The van der Waals surface area contributed by atoms with Crippen LogP contribution in [0.1, 0.15) is 39.0 Å². The quantitative estimate of drug-likeness (QED) is 0.180. The van der Waals surface area contributed by atoms with E-state index in [-0.39, 0.29) is 25.7 Å². The van der Waals surface area contributed by atoms with Crippen molar-refractivity contribution in [3.05, 3.63) is 0 Å². The maximum atomic E-state index is 12.3. The van der Waals surface area contributed by atoms with Crippen LogP contribution in [0.25, 0.3) is 0 Å². The molecule has 12 heteroatoms. The van der Waals surface area contributed by atoms with E-state index < -0.39 is 60.3 Å². The fraction of sp³-hybridized carbons (Fsp3) is 0.667. The molecule has 0 aromatic carbocycles. The van der Waals surface area contributed by atoms with E-state index >= 15 is 0 Å². The molecule has 0 rings (SSSR count). The number of carboxylic acids is 3. The van der Waals surface area contributed by atoms with Gasteiger partial charge in [-0.1, -0.05) is 0 Å². The van der Waals surface area contributed by atoms with E-state index in [9.17, 15) is 29.1 Å². The van der Waals surface area contributed by atoms with Gasteiger partial charge in [0.15, 0.2) is 0 Å². The van der Waals surface area contributed by atoms with Gasteiger partial charge in [0.05, 0.1) is 6.04 Å². The van der Waals surface area contributed by atoms with Crippen LogP contribution in [-0.4, -0.2) is 69.2 Å². The second-order valence-corrected chi connectivity index (χ2v) is 6.06. The van der Waals surface area contributed by atoms with Crippen molar-refractivity contribution in [1.82, 2.24) is 10.6 Å². The Hall–Kier alpha value is -2.73. The zero-order chi connectivity index (χ0) is 21.1. The molecular weight excluding hydrogens is 364 g/mol. The highest BCUT2D eigenvalue weighted by molar-refractivity contribution is 5.91. The van der Waals surface area contributed by atoms with E-state index in [1.807, 2.05) is 0 Å². The van der Waals surface area contributed by atoms with Crippen molar-refractivity contribution in [2.75, 3.05) is 0 Å². The van der Waals surface area contributed by atoms with Crippen LogP contribution in [0.2, 0.25) is 0 Å². The second-order valence-electron chi connectivity index (χ2n) is 6.06. The van der Waals surface area contributed by atoms with Crippen molar-refractivity contribution in [3.8, 4) is 0 Å². The van der Waals surface area contributed by atoms with E-state index in [2.05, 4.69) is 10.6 Å². The van der Waals surface area contributed by atoms with Crippen LogP contribution in [0.4, 0.5) is 0 Å². The number of nitrogens with one attached hydrogen (secondary N) is 2. The van der Waals surface area contributed by atoms with Gasteiger partial charge in [-0.15, -0.1) is 0 Å². The molecule has 0 aromatic heterocycles. The Bertz CT molecular complexity index is 566. The minimum Gasteiger partial charge on any atom is -0.481 e. The first-order valence-corrected chi connectivity index (χ1v) is 8.25. The third-order valence-electron chi connectivity index (χ3n) is 3.63. The Balaban J connectivity index is 4.92. The Morgan fingerprint density at radius 3 is 1.81 bits per heavy atom. The van der Waals surface area contributed by atoms with Gasteiger partial charge in [-0.25, -0.2) is 4.79 Å². The largest absolute Gasteiger partial charge is 0.481 e. The Morgan fingerprint density at radius 1 is 0.815 bits per heavy atom. The molecule has 0 saturated carbocycles. The summed E-state index contributed by atoms with van der Waals surface area (Å²) in [5, 5.41) is 31.1. The third kappa shape index (κ3) is 10.1. The van der Waals surface area contributed by atoms with Crippen molar-refractivity contribution in [3.63, 3.8) is 0 Å². The lowest BCUT2D eigenvalue weighted by atomic mass is 10.0. The highest BCUT2D eigenvalue weighted by Crippen LogP contribution is 2.06. The Labute approximate surface area is 155 Å². The normalized spacial score (nSPS) is 15.1. The molecular formula is C15H26N4O8. The lowest BCUT2D eigenvalue weighted by Crippen LogP contribution is -2.54. The number of carboxylic acid groups (broad SMARTS) is 3. The molecule has 0 aliphatic heterocycles. The van der Waals surface area contributed by atoms with Gasteiger partial charge < -0.3 is 37.4 Å². The maximum Gasteiger partial charge on any atom is 0.326 e. The maximum absolute atomic E-state index is 12.3. The molecule has 0 aliphatic rings. The monoisotopic (exact) mass is 390 g/mol. The van der Waals surface area contributed by atoms with E-state index in [1.54, 1.807) is 0 Å². The van der Waals surface area contributed by atoms with Crippen LogP contribution in [0.3, 0.4) is 0 Å². The summed E-state index contributed by atoms with van der Waals surface area (Å²) in [6, 6.07) is -4.72. The minimum absolute atomic E-state index is 0.0127. The van der Waals surface area contributed by atoms with Crippen LogP contribution in [0.5, 0.6) is 0 Å². The van der Waals surface area contributed by atoms with Crippen LogP contribution in [0, 0.1) is 0 Å². The smallest absolute Gasteiger partial charge is 0.326 e. The summed E-state index contributed by atoms with van der Waals surface area (Å²) in [6.07, 6.45) is -0.636. The molecule has 0 radical (unpaired) electrons. The summed E-state index contributed by atoms with van der Waals surface area (Å²) in [4.78, 5) is 56.6. The number of hydrogen-bond acceptors (Lipinski definition) is 7. The standard InChI is InChI=1S/C15H26N4O8/c1-7(16)12(22)18-9(5-6-11(20)21)13(23)19-10(15(26)27)4-2-3-8(17)14(24)25/h7-10H,2-6,16-17H2,1H3,(H,18,22)(H,19,23)(H,20,21)(H,24,25)(H,26,27)/t7-,8?,9+,10?/m1/s1.